The second-order valence-corrected chi connectivity index (χ2v) is 9.93. The first kappa shape index (κ1) is 20.6. The maximum absolute atomic E-state index is 12.7. The Labute approximate surface area is 184 Å². The van der Waals surface area contributed by atoms with Crippen LogP contribution in [0.15, 0.2) is 29.2 Å². The van der Waals surface area contributed by atoms with Gasteiger partial charge in [-0.15, -0.1) is 0 Å². The van der Waals surface area contributed by atoms with Crippen LogP contribution in [0.2, 0.25) is 0 Å². The van der Waals surface area contributed by atoms with Gasteiger partial charge in [-0.2, -0.15) is 5.10 Å². The molecular weight excluding hydrogens is 420 g/mol. The summed E-state index contributed by atoms with van der Waals surface area (Å²) >= 11 is 6.26. The molecule has 0 unspecified atom stereocenters. The molecule has 2 aliphatic rings. The zero-order chi connectivity index (χ0) is 21.6. The van der Waals surface area contributed by atoms with Crippen LogP contribution in [0.5, 0.6) is 5.75 Å². The van der Waals surface area contributed by atoms with Gasteiger partial charge in [-0.1, -0.05) is 30.0 Å². The third kappa shape index (κ3) is 3.99. The molecule has 0 saturated carbocycles. The fourth-order valence-electron chi connectivity index (χ4n) is 3.51. The molecule has 1 N–H and O–H groups in total. The Kier molecular flexibility index (Phi) is 5.19. The zero-order valence-electron chi connectivity index (χ0n) is 17.2. The molecule has 1 aromatic carbocycles. The van der Waals surface area contributed by atoms with Crippen molar-refractivity contribution in [1.82, 2.24) is 15.1 Å². The Hall–Kier alpha value is -2.65. The highest BCUT2D eigenvalue weighted by Crippen LogP contribution is 2.36. The number of aryl methyl sites for hydroxylation is 1. The number of hydrogen-bond donors (Lipinski definition) is 1. The zero-order valence-corrected chi connectivity index (χ0v) is 18.8. The highest BCUT2D eigenvalue weighted by molar-refractivity contribution is 8.26. The first-order chi connectivity index (χ1) is 14.1. The fraction of sp³-hybridized carbons (Fsp3) is 0.333. The van der Waals surface area contributed by atoms with E-state index in [2.05, 4.69) is 26.1 Å². The molecule has 2 amide bonds. The number of amides is 2. The van der Waals surface area contributed by atoms with Gasteiger partial charge in [0.15, 0.2) is 6.61 Å². The molecule has 30 heavy (non-hydrogen) atoms. The molecule has 2 aliphatic heterocycles. The summed E-state index contributed by atoms with van der Waals surface area (Å²) in [7, 11) is 0. The number of hydrogen-bond acceptors (Lipinski definition) is 6. The Morgan fingerprint density at radius 3 is 2.70 bits per heavy atom. The molecule has 0 atom stereocenters. The van der Waals surface area contributed by atoms with Gasteiger partial charge in [-0.3, -0.25) is 19.2 Å². The van der Waals surface area contributed by atoms with Crippen molar-refractivity contribution in [3.05, 3.63) is 46.1 Å². The van der Waals surface area contributed by atoms with Gasteiger partial charge < -0.3 is 10.1 Å². The van der Waals surface area contributed by atoms with Crippen LogP contribution < -0.4 is 15.0 Å². The van der Waals surface area contributed by atoms with E-state index in [0.717, 1.165) is 17.0 Å². The summed E-state index contributed by atoms with van der Waals surface area (Å²) in [5, 5.41) is 7.31. The number of nitrogens with zero attached hydrogens (tertiary/aromatic N) is 3. The molecule has 1 saturated heterocycles. The number of anilines is 1. The lowest BCUT2D eigenvalue weighted by Gasteiger charge is -2.29. The van der Waals surface area contributed by atoms with Crippen molar-refractivity contribution in [3.8, 4) is 5.75 Å². The van der Waals surface area contributed by atoms with Gasteiger partial charge in [-0.05, 0) is 57.5 Å². The second-order valence-electron chi connectivity index (χ2n) is 8.21. The van der Waals surface area contributed by atoms with E-state index >= 15 is 0 Å². The number of aromatic nitrogens is 2. The van der Waals surface area contributed by atoms with Crippen molar-refractivity contribution in [2.75, 3.05) is 11.5 Å². The van der Waals surface area contributed by atoms with Gasteiger partial charge >= 0.3 is 0 Å². The van der Waals surface area contributed by atoms with Crippen LogP contribution in [0.3, 0.4) is 0 Å². The fourth-order valence-corrected chi connectivity index (χ4v) is 4.56. The second kappa shape index (κ2) is 7.55. The van der Waals surface area contributed by atoms with Gasteiger partial charge in [0.05, 0.1) is 28.4 Å². The normalized spacial score (nSPS) is 17.9. The Morgan fingerprint density at radius 2 is 2.07 bits per heavy atom. The van der Waals surface area contributed by atoms with Crippen molar-refractivity contribution in [2.24, 2.45) is 0 Å². The van der Waals surface area contributed by atoms with Crippen LogP contribution in [0, 0.1) is 6.92 Å². The van der Waals surface area contributed by atoms with E-state index in [-0.39, 0.29) is 24.0 Å². The molecular formula is C21H22N4O3S2. The summed E-state index contributed by atoms with van der Waals surface area (Å²) in [6.45, 7) is 8.62. The monoisotopic (exact) mass is 442 g/mol. The highest BCUT2D eigenvalue weighted by atomic mass is 32.2. The quantitative estimate of drug-likeness (QED) is 0.580. The largest absolute Gasteiger partial charge is 0.482 e. The third-order valence-corrected chi connectivity index (χ3v) is 5.92. The van der Waals surface area contributed by atoms with Gasteiger partial charge in [0.1, 0.15) is 10.1 Å². The lowest BCUT2D eigenvalue weighted by molar-refractivity contribution is -0.121. The predicted octanol–water partition coefficient (Wildman–Crippen LogP) is 3.36. The van der Waals surface area contributed by atoms with Crippen molar-refractivity contribution in [3.63, 3.8) is 0 Å². The van der Waals surface area contributed by atoms with Crippen LogP contribution in [0.4, 0.5) is 5.69 Å². The first-order valence-corrected chi connectivity index (χ1v) is 10.7. The summed E-state index contributed by atoms with van der Waals surface area (Å²) in [5.74, 6) is 0.280. The van der Waals surface area contributed by atoms with Crippen molar-refractivity contribution < 1.29 is 14.3 Å². The lowest BCUT2D eigenvalue weighted by atomic mass is 10.1. The maximum atomic E-state index is 12.7. The average Bonchev–Trinajstić information content (AvgIpc) is 3.18. The Bertz CT molecular complexity index is 1100. The van der Waals surface area contributed by atoms with Crippen LogP contribution in [0.25, 0.3) is 6.08 Å². The van der Waals surface area contributed by atoms with E-state index in [0.29, 0.717) is 27.2 Å². The van der Waals surface area contributed by atoms with E-state index in [4.69, 9.17) is 22.1 Å². The number of fused-ring (bicyclic) bond motifs is 1. The van der Waals surface area contributed by atoms with E-state index in [1.165, 1.54) is 11.8 Å². The summed E-state index contributed by atoms with van der Waals surface area (Å²) in [6, 6.07) is 7.52. The average molecular weight is 443 g/mol. The SMILES string of the molecule is Cc1cc(CN2C(=O)COc3ccc(/C=C4\SC(=S)NC4=O)cc32)nn1C(C)(C)C. The smallest absolute Gasteiger partial charge is 0.265 e. The molecule has 0 spiro atoms. The maximum Gasteiger partial charge on any atom is 0.265 e. The minimum absolute atomic E-state index is 0.0150. The van der Waals surface area contributed by atoms with Crippen molar-refractivity contribution in [2.45, 2.75) is 39.8 Å². The first-order valence-electron chi connectivity index (χ1n) is 9.50. The van der Waals surface area contributed by atoms with Crippen molar-refractivity contribution in [1.29, 1.82) is 0 Å². The number of carbonyl (C=O) groups is 2. The molecule has 9 heteroatoms. The van der Waals surface area contributed by atoms with E-state index in [1.807, 2.05) is 35.9 Å². The van der Waals surface area contributed by atoms with Crippen LogP contribution in [-0.4, -0.2) is 32.5 Å². The number of carbonyl (C=O) groups excluding carboxylic acids is 2. The molecule has 156 valence electrons. The summed E-state index contributed by atoms with van der Waals surface area (Å²) in [4.78, 5) is 26.8. The van der Waals surface area contributed by atoms with Gasteiger partial charge in [0.25, 0.3) is 11.8 Å². The van der Waals surface area contributed by atoms with E-state index in [9.17, 15) is 9.59 Å². The number of thioether (sulfide) groups is 1. The molecule has 4 rings (SSSR count). The summed E-state index contributed by atoms with van der Waals surface area (Å²) in [6.07, 6.45) is 1.76. The van der Waals surface area contributed by atoms with Gasteiger partial charge in [0.2, 0.25) is 0 Å². The van der Waals surface area contributed by atoms with Crippen LogP contribution >= 0.6 is 24.0 Å². The number of ether oxygens (including phenoxy) is 1. The summed E-state index contributed by atoms with van der Waals surface area (Å²) in [5.41, 5.74) is 3.15. The van der Waals surface area contributed by atoms with Gasteiger partial charge in [0, 0.05) is 5.69 Å². The van der Waals surface area contributed by atoms with Crippen molar-refractivity contribution >= 4 is 51.9 Å². The minimum Gasteiger partial charge on any atom is -0.482 e. The molecule has 1 aromatic heterocycles. The molecule has 3 heterocycles. The molecule has 1 fully saturated rings. The standard InChI is InChI=1S/C21H22N4O3S2/c1-12-7-14(23-25(12)21(2,3)4)10-24-15-8-13(5-6-16(15)28-11-18(24)26)9-17-19(27)22-20(29)30-17/h5-9H,10-11H2,1-4H3,(H,22,27,29)/b17-9-. The van der Waals surface area contributed by atoms with E-state index in [1.54, 1.807) is 11.0 Å². The lowest BCUT2D eigenvalue weighted by Crippen LogP contribution is -2.38. The topological polar surface area (TPSA) is 76.5 Å². The van der Waals surface area contributed by atoms with Crippen LogP contribution in [0.1, 0.15) is 37.7 Å². The highest BCUT2D eigenvalue weighted by Gasteiger charge is 2.28. The third-order valence-electron chi connectivity index (χ3n) is 4.76. The van der Waals surface area contributed by atoms with Gasteiger partial charge in [-0.25, -0.2) is 0 Å². The number of benzene rings is 1. The van der Waals surface area contributed by atoms with E-state index < -0.39 is 0 Å². The molecule has 0 bridgehead atoms. The molecule has 0 aliphatic carbocycles. The Morgan fingerprint density at radius 1 is 1.30 bits per heavy atom. The molecule has 2 aromatic rings. The minimum atomic E-state index is -0.213. The Balaban J connectivity index is 1.67. The number of nitrogens with one attached hydrogen (secondary N) is 1. The van der Waals surface area contributed by atoms with Crippen LogP contribution in [-0.2, 0) is 21.7 Å². The number of thiocarbonyl (C=S) groups is 1. The predicted molar refractivity (Wildman–Crippen MR) is 121 cm³/mol. The summed E-state index contributed by atoms with van der Waals surface area (Å²) < 4.78 is 8.01. The number of rotatable bonds is 3. The molecule has 7 nitrogen and oxygen atoms in total. The molecule has 0 radical (unpaired) electrons.